The van der Waals surface area contributed by atoms with Crippen molar-refractivity contribution < 1.29 is 9.47 Å². The lowest BCUT2D eigenvalue weighted by Gasteiger charge is -2.15. The summed E-state index contributed by atoms with van der Waals surface area (Å²) in [4.78, 5) is 8.48. The molecule has 96 valence electrons. The van der Waals surface area contributed by atoms with Gasteiger partial charge in [0.25, 0.3) is 0 Å². The first kappa shape index (κ1) is 13.2. The zero-order valence-electron chi connectivity index (χ0n) is 10.2. The predicted octanol–water partition coefficient (Wildman–Crippen LogP) is 2.42. The Morgan fingerprint density at radius 3 is 2.78 bits per heavy atom. The molecule has 1 aromatic heterocycles. The van der Waals surface area contributed by atoms with E-state index in [9.17, 15) is 0 Å². The fraction of sp³-hybridized carbons (Fsp3) is 0.333. The van der Waals surface area contributed by atoms with Gasteiger partial charge in [-0.15, -0.1) is 0 Å². The molecule has 0 aliphatic heterocycles. The Morgan fingerprint density at radius 2 is 2.06 bits per heavy atom. The molecule has 6 heteroatoms. The van der Waals surface area contributed by atoms with Gasteiger partial charge in [0.1, 0.15) is 12.1 Å². The van der Waals surface area contributed by atoms with E-state index < -0.39 is 0 Å². The van der Waals surface area contributed by atoms with Gasteiger partial charge in [-0.25, -0.2) is 9.97 Å². The van der Waals surface area contributed by atoms with E-state index in [1.165, 1.54) is 6.33 Å². The third kappa shape index (κ3) is 2.77. The highest BCUT2D eigenvalue weighted by Gasteiger charge is 2.08. The number of benzene rings is 1. The number of rotatable bonds is 5. The summed E-state index contributed by atoms with van der Waals surface area (Å²) < 4.78 is 11.2. The third-order valence-electron chi connectivity index (χ3n) is 2.58. The molecule has 0 radical (unpaired) electrons. The molecule has 0 aliphatic rings. The van der Waals surface area contributed by atoms with Gasteiger partial charge in [0.05, 0.1) is 12.1 Å². The van der Waals surface area contributed by atoms with Gasteiger partial charge in [-0.05, 0) is 28.1 Å². The maximum Gasteiger partial charge on any atom is 0.173 e. The van der Waals surface area contributed by atoms with Gasteiger partial charge in [-0.3, -0.25) is 0 Å². The number of methoxy groups -OCH3 is 2. The molecule has 0 atom stereocenters. The minimum Gasteiger partial charge on any atom is -0.364 e. The topological polar surface area (TPSA) is 56.3 Å². The van der Waals surface area contributed by atoms with Crippen molar-refractivity contribution >= 4 is 32.7 Å². The number of aromatic nitrogens is 2. The molecule has 0 aliphatic carbocycles. The lowest BCUT2D eigenvalue weighted by atomic mass is 10.2. The molecular formula is C12H14BrN3O2. The van der Waals surface area contributed by atoms with Crippen LogP contribution in [-0.2, 0) is 9.47 Å². The Morgan fingerprint density at radius 1 is 1.28 bits per heavy atom. The second kappa shape index (κ2) is 6.08. The number of ether oxygens (including phenoxy) is 2. The SMILES string of the molecule is COC(CNc1ncnc2c(Br)cccc12)OC. The van der Waals surface area contributed by atoms with Gasteiger partial charge in [0.15, 0.2) is 6.29 Å². The fourth-order valence-electron chi connectivity index (χ4n) is 1.64. The first-order valence-corrected chi connectivity index (χ1v) is 6.24. The molecule has 2 rings (SSSR count). The standard InChI is InChI=1S/C12H14BrN3O2/c1-17-10(18-2)6-14-12-8-4-3-5-9(13)11(8)15-7-16-12/h3-5,7,10H,6H2,1-2H3,(H,14,15,16). The highest BCUT2D eigenvalue weighted by molar-refractivity contribution is 9.10. The van der Waals surface area contributed by atoms with Crippen LogP contribution in [0.15, 0.2) is 29.0 Å². The van der Waals surface area contributed by atoms with Crippen LogP contribution in [0.1, 0.15) is 0 Å². The summed E-state index contributed by atoms with van der Waals surface area (Å²) in [5, 5.41) is 4.15. The van der Waals surface area contributed by atoms with Crippen LogP contribution in [0.25, 0.3) is 10.9 Å². The van der Waals surface area contributed by atoms with Crippen molar-refractivity contribution in [1.82, 2.24) is 9.97 Å². The molecule has 0 amide bonds. The maximum absolute atomic E-state index is 5.12. The normalized spacial score (nSPS) is 11.1. The molecule has 0 bridgehead atoms. The average Bonchev–Trinajstić information content (AvgIpc) is 2.41. The van der Waals surface area contributed by atoms with E-state index in [2.05, 4.69) is 31.2 Å². The van der Waals surface area contributed by atoms with Gasteiger partial charge in [0, 0.05) is 24.1 Å². The summed E-state index contributed by atoms with van der Waals surface area (Å²) in [6.07, 6.45) is 1.23. The third-order valence-corrected chi connectivity index (χ3v) is 3.22. The Kier molecular flexibility index (Phi) is 4.46. The van der Waals surface area contributed by atoms with Crippen LogP contribution >= 0.6 is 15.9 Å². The molecular weight excluding hydrogens is 298 g/mol. The van der Waals surface area contributed by atoms with Crippen molar-refractivity contribution in [3.05, 3.63) is 29.0 Å². The van der Waals surface area contributed by atoms with E-state index in [-0.39, 0.29) is 6.29 Å². The van der Waals surface area contributed by atoms with Crippen molar-refractivity contribution in [2.75, 3.05) is 26.1 Å². The maximum atomic E-state index is 5.12. The monoisotopic (exact) mass is 311 g/mol. The van der Waals surface area contributed by atoms with E-state index in [0.29, 0.717) is 6.54 Å². The predicted molar refractivity (Wildman–Crippen MR) is 73.5 cm³/mol. The average molecular weight is 312 g/mol. The molecule has 0 saturated heterocycles. The van der Waals surface area contributed by atoms with E-state index in [1.54, 1.807) is 14.2 Å². The van der Waals surface area contributed by atoms with E-state index >= 15 is 0 Å². The lowest BCUT2D eigenvalue weighted by Crippen LogP contribution is -2.24. The van der Waals surface area contributed by atoms with Gasteiger partial charge in [0.2, 0.25) is 0 Å². The van der Waals surface area contributed by atoms with E-state index in [4.69, 9.17) is 9.47 Å². The van der Waals surface area contributed by atoms with Gasteiger partial charge in [-0.1, -0.05) is 6.07 Å². The first-order chi connectivity index (χ1) is 8.76. The van der Waals surface area contributed by atoms with Crippen LogP contribution in [0.3, 0.4) is 0 Å². The van der Waals surface area contributed by atoms with E-state index in [0.717, 1.165) is 21.2 Å². The minimum absolute atomic E-state index is 0.304. The zero-order chi connectivity index (χ0) is 13.0. The Bertz CT molecular complexity index is 532. The number of fused-ring (bicyclic) bond motifs is 1. The quantitative estimate of drug-likeness (QED) is 0.859. The number of hydrogen-bond donors (Lipinski definition) is 1. The first-order valence-electron chi connectivity index (χ1n) is 5.45. The van der Waals surface area contributed by atoms with Crippen LogP contribution in [0.2, 0.25) is 0 Å². The minimum atomic E-state index is -0.304. The molecule has 0 fully saturated rings. The molecule has 0 saturated carbocycles. The summed E-state index contributed by atoms with van der Waals surface area (Å²) in [6, 6.07) is 5.87. The second-order valence-electron chi connectivity index (χ2n) is 3.64. The highest BCUT2D eigenvalue weighted by Crippen LogP contribution is 2.25. The number of nitrogens with zero attached hydrogens (tertiary/aromatic N) is 2. The Hall–Kier alpha value is -1.24. The molecule has 5 nitrogen and oxygen atoms in total. The second-order valence-corrected chi connectivity index (χ2v) is 4.49. The molecule has 0 unspecified atom stereocenters. The van der Waals surface area contributed by atoms with E-state index in [1.807, 2.05) is 18.2 Å². The van der Waals surface area contributed by atoms with Crippen LogP contribution in [-0.4, -0.2) is 37.0 Å². The highest BCUT2D eigenvalue weighted by atomic mass is 79.9. The number of hydrogen-bond acceptors (Lipinski definition) is 5. The fourth-order valence-corrected chi connectivity index (χ4v) is 2.10. The van der Waals surface area contributed by atoms with Crippen LogP contribution in [0, 0.1) is 0 Å². The summed E-state index contributed by atoms with van der Waals surface area (Å²) in [5.41, 5.74) is 0.876. The van der Waals surface area contributed by atoms with Crippen molar-refractivity contribution in [1.29, 1.82) is 0 Å². The molecule has 1 N–H and O–H groups in total. The number of para-hydroxylation sites is 1. The summed E-state index contributed by atoms with van der Waals surface area (Å²) in [5.74, 6) is 0.764. The van der Waals surface area contributed by atoms with Gasteiger partial charge in [-0.2, -0.15) is 0 Å². The Balaban J connectivity index is 2.26. The molecule has 1 aromatic carbocycles. The smallest absolute Gasteiger partial charge is 0.173 e. The number of nitrogens with one attached hydrogen (secondary N) is 1. The van der Waals surface area contributed by atoms with Crippen molar-refractivity contribution in [2.45, 2.75) is 6.29 Å². The van der Waals surface area contributed by atoms with Gasteiger partial charge < -0.3 is 14.8 Å². The van der Waals surface area contributed by atoms with Crippen molar-refractivity contribution in [2.24, 2.45) is 0 Å². The zero-order valence-corrected chi connectivity index (χ0v) is 11.8. The number of halogens is 1. The van der Waals surface area contributed by atoms with Crippen LogP contribution < -0.4 is 5.32 Å². The molecule has 2 aromatic rings. The largest absolute Gasteiger partial charge is 0.364 e. The molecule has 0 spiro atoms. The molecule has 1 heterocycles. The summed E-state index contributed by atoms with van der Waals surface area (Å²) >= 11 is 3.47. The summed E-state index contributed by atoms with van der Waals surface area (Å²) in [7, 11) is 3.20. The van der Waals surface area contributed by atoms with Crippen LogP contribution in [0.4, 0.5) is 5.82 Å². The van der Waals surface area contributed by atoms with Gasteiger partial charge >= 0.3 is 0 Å². The Labute approximate surface area is 114 Å². The van der Waals surface area contributed by atoms with Crippen molar-refractivity contribution in [3.8, 4) is 0 Å². The van der Waals surface area contributed by atoms with Crippen LogP contribution in [0.5, 0.6) is 0 Å². The summed E-state index contributed by atoms with van der Waals surface area (Å²) in [6.45, 7) is 0.519. The molecule has 18 heavy (non-hydrogen) atoms. The van der Waals surface area contributed by atoms with Crippen molar-refractivity contribution in [3.63, 3.8) is 0 Å². The lowest BCUT2D eigenvalue weighted by molar-refractivity contribution is -0.0914. The number of anilines is 1.